The molecule has 0 aromatic carbocycles. The number of aromatic nitrogens is 2. The third-order valence-corrected chi connectivity index (χ3v) is 6.89. The highest BCUT2D eigenvalue weighted by molar-refractivity contribution is 7.16. The van der Waals surface area contributed by atoms with Gasteiger partial charge in [-0.3, -0.25) is 9.78 Å². The molecule has 0 fully saturated rings. The van der Waals surface area contributed by atoms with Gasteiger partial charge in [0, 0.05) is 28.5 Å². The van der Waals surface area contributed by atoms with Crippen molar-refractivity contribution in [3.8, 4) is 0 Å². The van der Waals surface area contributed by atoms with E-state index in [-0.39, 0.29) is 11.9 Å². The van der Waals surface area contributed by atoms with Crippen LogP contribution in [-0.4, -0.2) is 15.9 Å². The second kappa shape index (κ2) is 8.96. The van der Waals surface area contributed by atoms with Crippen LogP contribution in [0.15, 0.2) is 65.5 Å². The van der Waals surface area contributed by atoms with E-state index in [1.54, 1.807) is 29.7 Å². The third-order valence-electron chi connectivity index (χ3n) is 5.67. The van der Waals surface area contributed by atoms with Gasteiger partial charge < -0.3 is 15.1 Å². The summed E-state index contributed by atoms with van der Waals surface area (Å²) in [6, 6.07) is 13.1. The molecule has 1 aliphatic carbocycles. The first-order valence-electron chi connectivity index (χ1n) is 10.8. The van der Waals surface area contributed by atoms with Crippen molar-refractivity contribution in [3.63, 3.8) is 0 Å². The molecule has 1 amide bonds. The van der Waals surface area contributed by atoms with Gasteiger partial charge in [-0.1, -0.05) is 12.1 Å². The lowest BCUT2D eigenvalue weighted by Crippen LogP contribution is -2.19. The lowest BCUT2D eigenvalue weighted by Gasteiger charge is -2.24. The smallest absolute Gasteiger partial charge is 0.291 e. The number of nitrogens with one attached hydrogen (secondary N) is 2. The average Bonchev–Trinajstić information content (AvgIpc) is 3.46. The molecule has 2 N–H and O–H groups in total. The molecule has 5 rings (SSSR count). The van der Waals surface area contributed by atoms with Crippen LogP contribution in [0.4, 0.5) is 10.8 Å². The number of rotatable bonds is 6. The van der Waals surface area contributed by atoms with Gasteiger partial charge in [-0.2, -0.15) is 0 Å². The van der Waals surface area contributed by atoms with E-state index in [1.807, 2.05) is 37.4 Å². The second-order valence-electron chi connectivity index (χ2n) is 7.91. The first kappa shape index (κ1) is 20.5. The summed E-state index contributed by atoms with van der Waals surface area (Å²) >= 11 is 1.67. The van der Waals surface area contributed by atoms with E-state index in [2.05, 4.69) is 26.7 Å². The van der Waals surface area contributed by atoms with Crippen LogP contribution in [-0.2, 0) is 12.8 Å². The van der Waals surface area contributed by atoms with E-state index in [9.17, 15) is 4.79 Å². The average molecular weight is 445 g/mol. The molecule has 32 heavy (non-hydrogen) atoms. The lowest BCUT2D eigenvalue weighted by atomic mass is 9.90. The van der Waals surface area contributed by atoms with Crippen LogP contribution < -0.4 is 10.6 Å². The van der Waals surface area contributed by atoms with E-state index in [1.165, 1.54) is 23.1 Å². The molecule has 162 valence electrons. The minimum absolute atomic E-state index is 0.192. The Morgan fingerprint density at radius 3 is 2.81 bits per heavy atom. The third kappa shape index (κ3) is 4.16. The highest BCUT2D eigenvalue weighted by Gasteiger charge is 2.29. The van der Waals surface area contributed by atoms with Crippen LogP contribution >= 0.6 is 11.3 Å². The van der Waals surface area contributed by atoms with Gasteiger partial charge in [0.15, 0.2) is 5.76 Å². The van der Waals surface area contributed by atoms with E-state index in [0.29, 0.717) is 5.76 Å². The molecule has 1 aliphatic rings. The lowest BCUT2D eigenvalue weighted by molar-refractivity contribution is 0.0997. The summed E-state index contributed by atoms with van der Waals surface area (Å²) in [5, 5.41) is 7.59. The molecule has 0 saturated heterocycles. The molecule has 0 saturated carbocycles. The monoisotopic (exact) mass is 444 g/mol. The van der Waals surface area contributed by atoms with Crippen molar-refractivity contribution in [2.75, 3.05) is 10.6 Å². The molecule has 0 spiro atoms. The highest BCUT2D eigenvalue weighted by atomic mass is 32.1. The van der Waals surface area contributed by atoms with Gasteiger partial charge in [-0.25, -0.2) is 4.98 Å². The van der Waals surface area contributed by atoms with Crippen molar-refractivity contribution in [2.24, 2.45) is 0 Å². The summed E-state index contributed by atoms with van der Waals surface area (Å²) in [5.41, 5.74) is 4.39. The molecular weight excluding hydrogens is 420 g/mol. The molecule has 0 aliphatic heterocycles. The Bertz CT molecular complexity index is 1220. The maximum absolute atomic E-state index is 12.9. The Morgan fingerprint density at radius 2 is 2.03 bits per heavy atom. The Kier molecular flexibility index (Phi) is 5.73. The van der Waals surface area contributed by atoms with Crippen molar-refractivity contribution in [2.45, 2.75) is 38.6 Å². The van der Waals surface area contributed by atoms with E-state index >= 15 is 0 Å². The van der Waals surface area contributed by atoms with E-state index in [0.717, 1.165) is 46.9 Å². The molecule has 4 aromatic rings. The van der Waals surface area contributed by atoms with Crippen LogP contribution in [0.2, 0.25) is 0 Å². The summed E-state index contributed by atoms with van der Waals surface area (Å²) in [7, 11) is 0. The fourth-order valence-electron chi connectivity index (χ4n) is 4.20. The van der Waals surface area contributed by atoms with Crippen molar-refractivity contribution in [1.82, 2.24) is 9.97 Å². The first-order valence-corrected chi connectivity index (χ1v) is 11.6. The zero-order chi connectivity index (χ0) is 21.9. The predicted octanol–water partition coefficient (Wildman–Crippen LogP) is 5.77. The van der Waals surface area contributed by atoms with Crippen molar-refractivity contribution in [3.05, 3.63) is 94.1 Å². The number of anilines is 2. The maximum Gasteiger partial charge on any atom is 0.291 e. The number of hydrogen-bond acceptors (Lipinski definition) is 6. The quantitative estimate of drug-likeness (QED) is 0.394. The molecular formula is C25H24N4O2S. The predicted molar refractivity (Wildman–Crippen MR) is 126 cm³/mol. The minimum atomic E-state index is -0.242. The van der Waals surface area contributed by atoms with Crippen LogP contribution in [0.3, 0.4) is 0 Å². The zero-order valence-corrected chi connectivity index (χ0v) is 18.6. The molecule has 4 heterocycles. The fourth-order valence-corrected chi connectivity index (χ4v) is 5.52. The number of fused-ring (bicyclic) bond motifs is 1. The molecule has 0 unspecified atom stereocenters. The fraction of sp³-hybridized carbons (Fsp3) is 0.240. The standard InChI is InChI=1S/C25H24N4O2S/c1-16-7-4-12-21(27-16)28-23(17-8-5-13-26-15-17)22-18-9-2-3-11-20(18)32-25(22)29-24(30)19-10-6-14-31-19/h4-8,10,12-15,23H,2-3,9,11H2,1H3,(H,27,28)(H,29,30)/t23-/m0/s1. The summed E-state index contributed by atoms with van der Waals surface area (Å²) < 4.78 is 5.32. The number of amides is 1. The topological polar surface area (TPSA) is 80.0 Å². The van der Waals surface area contributed by atoms with Crippen molar-refractivity contribution < 1.29 is 9.21 Å². The van der Waals surface area contributed by atoms with Gasteiger partial charge in [0.2, 0.25) is 0 Å². The summed E-state index contributed by atoms with van der Waals surface area (Å²) in [6.45, 7) is 1.98. The van der Waals surface area contributed by atoms with Crippen LogP contribution in [0.5, 0.6) is 0 Å². The number of nitrogens with zero attached hydrogens (tertiary/aromatic N) is 2. The number of hydrogen-bond donors (Lipinski definition) is 2. The van der Waals surface area contributed by atoms with Gasteiger partial charge in [0.25, 0.3) is 5.91 Å². The number of aryl methyl sites for hydroxylation is 2. The van der Waals surface area contributed by atoms with E-state index < -0.39 is 0 Å². The Morgan fingerprint density at radius 1 is 1.12 bits per heavy atom. The van der Waals surface area contributed by atoms with Gasteiger partial charge in [-0.15, -0.1) is 11.3 Å². The molecule has 0 radical (unpaired) electrons. The maximum atomic E-state index is 12.9. The minimum Gasteiger partial charge on any atom is -0.459 e. The summed E-state index contributed by atoms with van der Waals surface area (Å²) in [4.78, 5) is 23.2. The van der Waals surface area contributed by atoms with Gasteiger partial charge in [-0.05, 0) is 74.1 Å². The van der Waals surface area contributed by atoms with Crippen LogP contribution in [0.25, 0.3) is 0 Å². The highest BCUT2D eigenvalue weighted by Crippen LogP contribution is 2.44. The van der Waals surface area contributed by atoms with Gasteiger partial charge in [0.1, 0.15) is 10.8 Å². The zero-order valence-electron chi connectivity index (χ0n) is 17.8. The number of thiophene rings is 1. The van der Waals surface area contributed by atoms with Crippen molar-refractivity contribution >= 4 is 28.1 Å². The molecule has 4 aromatic heterocycles. The SMILES string of the molecule is Cc1cccc(N[C@@H](c2cccnc2)c2c(NC(=O)c3ccco3)sc3c2CCCC3)n1. The number of pyridine rings is 2. The summed E-state index contributed by atoms with van der Waals surface area (Å²) in [5.74, 6) is 0.847. The Labute approximate surface area is 190 Å². The van der Waals surface area contributed by atoms with Gasteiger partial charge >= 0.3 is 0 Å². The second-order valence-corrected chi connectivity index (χ2v) is 9.02. The normalized spacial score (nSPS) is 13.9. The van der Waals surface area contributed by atoms with Crippen LogP contribution in [0.1, 0.15) is 56.7 Å². The van der Waals surface area contributed by atoms with Crippen molar-refractivity contribution in [1.29, 1.82) is 0 Å². The molecule has 6 nitrogen and oxygen atoms in total. The molecule has 0 bridgehead atoms. The number of furan rings is 1. The number of carbonyl (C=O) groups is 1. The molecule has 7 heteroatoms. The van der Waals surface area contributed by atoms with Gasteiger partial charge in [0.05, 0.1) is 12.3 Å². The largest absolute Gasteiger partial charge is 0.459 e. The summed E-state index contributed by atoms with van der Waals surface area (Å²) in [6.07, 6.45) is 9.50. The Hall–Kier alpha value is -3.45. The molecule has 1 atom stereocenters. The van der Waals surface area contributed by atoms with E-state index in [4.69, 9.17) is 4.42 Å². The first-order chi connectivity index (χ1) is 15.7. The Balaban J connectivity index is 1.61. The van der Waals surface area contributed by atoms with Crippen LogP contribution in [0, 0.1) is 6.92 Å². The number of carbonyl (C=O) groups excluding carboxylic acids is 1.